The Labute approximate surface area is 232 Å². The van der Waals surface area contributed by atoms with Crippen molar-refractivity contribution in [3.05, 3.63) is 70.2 Å². The standard InChI is InChI=1S/C23H19Cl2FN6O5S2/c24-17-2-1-3-19(20(17)25)39(36,37)30-13-4-5-14(18(26)10-13)15-11-28-22-16(12-29-32(22)21(15)27)23(33)31-6-8-38(34,35)9-7-31/h1-5,10-12,30H,6-9,27H2. The fourth-order valence-electron chi connectivity index (χ4n) is 4.09. The summed E-state index contributed by atoms with van der Waals surface area (Å²) >= 11 is 11.9. The first kappa shape index (κ1) is 27.1. The molecule has 39 heavy (non-hydrogen) atoms. The molecule has 1 fully saturated rings. The Balaban J connectivity index is 1.43. The highest BCUT2D eigenvalue weighted by atomic mass is 35.5. The number of rotatable bonds is 5. The minimum Gasteiger partial charge on any atom is -0.383 e. The number of nitrogen functional groups attached to an aromatic ring is 1. The number of anilines is 2. The van der Waals surface area contributed by atoms with E-state index in [1.165, 1.54) is 52.1 Å². The summed E-state index contributed by atoms with van der Waals surface area (Å²) in [5.41, 5.74) is 6.58. The van der Waals surface area contributed by atoms with Crippen LogP contribution in [0.4, 0.5) is 15.9 Å². The Bertz CT molecular complexity index is 1850. The van der Waals surface area contributed by atoms with E-state index in [0.29, 0.717) is 0 Å². The zero-order valence-corrected chi connectivity index (χ0v) is 22.9. The molecule has 0 radical (unpaired) electrons. The van der Waals surface area contributed by atoms with Crippen molar-refractivity contribution in [3.8, 4) is 11.1 Å². The van der Waals surface area contributed by atoms with E-state index >= 15 is 4.39 Å². The molecule has 0 spiro atoms. The van der Waals surface area contributed by atoms with E-state index in [4.69, 9.17) is 28.9 Å². The van der Waals surface area contributed by atoms with Gasteiger partial charge < -0.3 is 10.6 Å². The van der Waals surface area contributed by atoms with Gasteiger partial charge in [-0.2, -0.15) is 9.61 Å². The van der Waals surface area contributed by atoms with Gasteiger partial charge in [0.1, 0.15) is 22.1 Å². The minimum atomic E-state index is -4.17. The van der Waals surface area contributed by atoms with Gasteiger partial charge in [-0.05, 0) is 30.3 Å². The number of hydrogen-bond donors (Lipinski definition) is 2. The van der Waals surface area contributed by atoms with Crippen LogP contribution in [0.1, 0.15) is 10.4 Å². The zero-order chi connectivity index (χ0) is 28.1. The van der Waals surface area contributed by atoms with Gasteiger partial charge in [0, 0.05) is 30.4 Å². The summed E-state index contributed by atoms with van der Waals surface area (Å²) in [6.07, 6.45) is 2.54. The fourth-order valence-corrected chi connectivity index (χ4v) is 7.10. The molecule has 204 valence electrons. The summed E-state index contributed by atoms with van der Waals surface area (Å²) in [5, 5.41) is 4.00. The summed E-state index contributed by atoms with van der Waals surface area (Å²) < 4.78 is 67.5. The van der Waals surface area contributed by atoms with E-state index in [0.717, 1.165) is 6.07 Å². The third kappa shape index (κ3) is 5.12. The number of nitrogens with zero attached hydrogens (tertiary/aromatic N) is 4. The molecule has 0 aliphatic carbocycles. The molecule has 1 aliphatic heterocycles. The van der Waals surface area contributed by atoms with Crippen molar-refractivity contribution >= 4 is 66.1 Å². The van der Waals surface area contributed by atoms with Crippen LogP contribution in [-0.4, -0.2) is 66.8 Å². The minimum absolute atomic E-state index is 0.00949. The zero-order valence-electron chi connectivity index (χ0n) is 19.8. The van der Waals surface area contributed by atoms with E-state index in [1.807, 2.05) is 0 Å². The largest absolute Gasteiger partial charge is 0.383 e. The Morgan fingerprint density at radius 2 is 1.79 bits per heavy atom. The Hall–Kier alpha value is -3.46. The lowest BCUT2D eigenvalue weighted by Crippen LogP contribution is -2.43. The predicted octanol–water partition coefficient (Wildman–Crippen LogP) is 3.10. The number of sulfonamides is 1. The number of halogens is 3. The lowest BCUT2D eigenvalue weighted by Gasteiger charge is -2.26. The highest BCUT2D eigenvalue weighted by Gasteiger charge is 2.28. The first-order chi connectivity index (χ1) is 18.4. The number of amides is 1. The Morgan fingerprint density at radius 3 is 2.49 bits per heavy atom. The average molecular weight is 613 g/mol. The van der Waals surface area contributed by atoms with Crippen molar-refractivity contribution in [2.45, 2.75) is 4.90 Å². The van der Waals surface area contributed by atoms with E-state index < -0.39 is 31.6 Å². The van der Waals surface area contributed by atoms with Gasteiger partial charge in [0.15, 0.2) is 15.5 Å². The van der Waals surface area contributed by atoms with E-state index in [9.17, 15) is 21.6 Å². The second-order valence-electron chi connectivity index (χ2n) is 8.65. The van der Waals surface area contributed by atoms with Gasteiger partial charge >= 0.3 is 0 Å². The molecule has 0 saturated carbocycles. The van der Waals surface area contributed by atoms with E-state index in [2.05, 4.69) is 14.8 Å². The number of aromatic nitrogens is 3. The van der Waals surface area contributed by atoms with Gasteiger partial charge in [-0.15, -0.1) is 0 Å². The second kappa shape index (κ2) is 9.93. The molecule has 3 heterocycles. The molecule has 0 atom stereocenters. The molecular weight excluding hydrogens is 594 g/mol. The molecule has 2 aromatic heterocycles. The molecule has 2 aromatic carbocycles. The number of carbonyl (C=O) groups excluding carboxylic acids is 1. The van der Waals surface area contributed by atoms with Crippen molar-refractivity contribution in [2.75, 3.05) is 35.1 Å². The Morgan fingerprint density at radius 1 is 1.08 bits per heavy atom. The topological polar surface area (TPSA) is 157 Å². The van der Waals surface area contributed by atoms with Crippen LogP contribution in [0.3, 0.4) is 0 Å². The van der Waals surface area contributed by atoms with Crippen molar-refractivity contribution in [1.82, 2.24) is 19.5 Å². The lowest BCUT2D eigenvalue weighted by atomic mass is 10.1. The maximum atomic E-state index is 15.2. The molecule has 1 amide bonds. The summed E-state index contributed by atoms with van der Waals surface area (Å²) in [6.45, 7) is 0.105. The third-order valence-electron chi connectivity index (χ3n) is 6.14. The van der Waals surface area contributed by atoms with Crippen LogP contribution in [0.15, 0.2) is 53.7 Å². The summed E-state index contributed by atoms with van der Waals surface area (Å²) in [5.74, 6) is -1.52. The number of carbonyl (C=O) groups is 1. The third-order valence-corrected chi connectivity index (χ3v) is 10.1. The van der Waals surface area contributed by atoms with Crippen molar-refractivity contribution in [2.24, 2.45) is 0 Å². The molecule has 5 rings (SSSR count). The fraction of sp³-hybridized carbons (Fsp3) is 0.174. The van der Waals surface area contributed by atoms with Crippen molar-refractivity contribution < 1.29 is 26.0 Å². The SMILES string of the molecule is Nc1c(-c2ccc(NS(=O)(=O)c3cccc(Cl)c3Cl)cc2F)cnc2c(C(=O)N3CCS(=O)(=O)CC3)cnn12. The van der Waals surface area contributed by atoms with Crippen LogP contribution >= 0.6 is 23.2 Å². The number of nitrogens with two attached hydrogens (primary N) is 1. The van der Waals surface area contributed by atoms with Crippen molar-refractivity contribution in [3.63, 3.8) is 0 Å². The Kier molecular flexibility index (Phi) is 6.91. The van der Waals surface area contributed by atoms with Gasteiger partial charge in [-0.25, -0.2) is 26.2 Å². The average Bonchev–Trinajstić information content (AvgIpc) is 3.31. The second-order valence-corrected chi connectivity index (χ2v) is 13.4. The van der Waals surface area contributed by atoms with Gasteiger partial charge in [-0.1, -0.05) is 29.3 Å². The van der Waals surface area contributed by atoms with E-state index in [1.54, 1.807) is 0 Å². The van der Waals surface area contributed by atoms with Crippen LogP contribution < -0.4 is 10.5 Å². The number of sulfone groups is 1. The quantitative estimate of drug-likeness (QED) is 0.348. The normalized spacial score (nSPS) is 15.4. The van der Waals surface area contributed by atoms with Gasteiger partial charge in [0.25, 0.3) is 15.9 Å². The monoisotopic (exact) mass is 612 g/mol. The van der Waals surface area contributed by atoms with Crippen LogP contribution in [0.2, 0.25) is 10.0 Å². The molecule has 1 aliphatic rings. The van der Waals surface area contributed by atoms with E-state index in [-0.39, 0.29) is 73.4 Å². The lowest BCUT2D eigenvalue weighted by molar-refractivity contribution is 0.0772. The van der Waals surface area contributed by atoms with Crippen LogP contribution in [0.25, 0.3) is 16.8 Å². The first-order valence-electron chi connectivity index (χ1n) is 11.3. The molecule has 3 N–H and O–H groups in total. The van der Waals surface area contributed by atoms with Gasteiger partial charge in [0.05, 0.1) is 33.4 Å². The smallest absolute Gasteiger partial charge is 0.263 e. The summed E-state index contributed by atoms with van der Waals surface area (Å²) in [4.78, 5) is 18.4. The first-order valence-corrected chi connectivity index (χ1v) is 15.3. The molecular formula is C23H19Cl2FN6O5S2. The molecule has 1 saturated heterocycles. The van der Waals surface area contributed by atoms with Crippen LogP contribution in [0.5, 0.6) is 0 Å². The molecule has 4 aromatic rings. The van der Waals surface area contributed by atoms with Crippen molar-refractivity contribution in [1.29, 1.82) is 0 Å². The number of nitrogens with one attached hydrogen (secondary N) is 1. The maximum Gasteiger partial charge on any atom is 0.263 e. The number of hydrogen-bond acceptors (Lipinski definition) is 8. The predicted molar refractivity (Wildman–Crippen MR) is 145 cm³/mol. The number of benzene rings is 2. The summed E-state index contributed by atoms with van der Waals surface area (Å²) in [7, 11) is -7.35. The van der Waals surface area contributed by atoms with Gasteiger partial charge in [0.2, 0.25) is 0 Å². The summed E-state index contributed by atoms with van der Waals surface area (Å²) in [6, 6.07) is 7.74. The van der Waals surface area contributed by atoms with Gasteiger partial charge in [-0.3, -0.25) is 9.52 Å². The highest BCUT2D eigenvalue weighted by Crippen LogP contribution is 2.33. The van der Waals surface area contributed by atoms with Crippen LogP contribution in [0, 0.1) is 5.82 Å². The molecule has 0 unspecified atom stereocenters. The maximum absolute atomic E-state index is 15.2. The van der Waals surface area contributed by atoms with Crippen LogP contribution in [-0.2, 0) is 19.9 Å². The number of fused-ring (bicyclic) bond motifs is 1. The molecule has 11 nitrogen and oxygen atoms in total. The molecule has 16 heteroatoms. The molecule has 0 bridgehead atoms. The highest BCUT2D eigenvalue weighted by molar-refractivity contribution is 7.93.